The topological polar surface area (TPSA) is 8.17 Å². The number of nitrogens with zero attached hydrogens (tertiary/aromatic N) is 2. The Balaban J connectivity index is 2.09. The normalized spacial score (nSPS) is 10.7. The molecule has 0 unspecified atom stereocenters. The number of benzene rings is 2. The third kappa shape index (κ3) is 2.62. The minimum absolute atomic E-state index is 0.217. The van der Waals surface area contributed by atoms with Crippen LogP contribution >= 0.6 is 0 Å². The molecule has 0 fully saturated rings. The Morgan fingerprint density at radius 1 is 0.909 bits per heavy atom. The van der Waals surface area contributed by atoms with Crippen molar-refractivity contribution in [1.29, 1.82) is 0 Å². The van der Waals surface area contributed by atoms with Gasteiger partial charge < -0.3 is 9.47 Å². The van der Waals surface area contributed by atoms with Crippen LogP contribution in [0.3, 0.4) is 0 Å². The Bertz CT molecular complexity index is 785. The van der Waals surface area contributed by atoms with Gasteiger partial charge in [-0.25, -0.2) is 4.39 Å². The van der Waals surface area contributed by atoms with Crippen LogP contribution in [0.1, 0.15) is 5.69 Å². The van der Waals surface area contributed by atoms with Crippen molar-refractivity contribution in [3.63, 3.8) is 0 Å². The van der Waals surface area contributed by atoms with Crippen LogP contribution in [0.25, 0.3) is 16.9 Å². The van der Waals surface area contributed by atoms with E-state index < -0.39 is 0 Å². The fraction of sp³-hybridized carbons (Fsp3) is 0.158. The summed E-state index contributed by atoms with van der Waals surface area (Å²) in [6.45, 7) is 2.06. The number of hydrogen-bond acceptors (Lipinski definition) is 1. The van der Waals surface area contributed by atoms with E-state index in [-0.39, 0.29) is 5.82 Å². The van der Waals surface area contributed by atoms with Crippen LogP contribution in [0.5, 0.6) is 0 Å². The third-order valence-electron chi connectivity index (χ3n) is 3.82. The third-order valence-corrected chi connectivity index (χ3v) is 3.82. The van der Waals surface area contributed by atoms with Crippen LogP contribution in [0.15, 0.2) is 60.7 Å². The summed E-state index contributed by atoms with van der Waals surface area (Å²) < 4.78 is 15.7. The van der Waals surface area contributed by atoms with E-state index in [9.17, 15) is 4.39 Å². The number of anilines is 1. The molecule has 0 bridgehead atoms. The SMILES string of the molecule is Cc1ccc(-c2cccc(F)c2)n1-c1ccc(N(C)C)cc1. The molecule has 22 heavy (non-hydrogen) atoms. The van der Waals surface area contributed by atoms with Crippen molar-refractivity contribution < 1.29 is 4.39 Å². The van der Waals surface area contributed by atoms with E-state index >= 15 is 0 Å². The standard InChI is InChI=1S/C19H19FN2/c1-14-7-12-19(15-5-4-6-16(20)13-15)22(14)18-10-8-17(9-11-18)21(2)3/h4-13H,1-3H3. The summed E-state index contributed by atoms with van der Waals surface area (Å²) in [5, 5.41) is 0. The number of aryl methyl sites for hydroxylation is 1. The van der Waals surface area contributed by atoms with Crippen LogP contribution in [0.4, 0.5) is 10.1 Å². The molecule has 0 N–H and O–H groups in total. The van der Waals surface area contributed by atoms with Crippen molar-refractivity contribution in [1.82, 2.24) is 4.57 Å². The first kappa shape index (κ1) is 14.4. The zero-order valence-electron chi connectivity index (χ0n) is 13.0. The van der Waals surface area contributed by atoms with Crippen molar-refractivity contribution in [3.05, 3.63) is 72.2 Å². The number of hydrogen-bond donors (Lipinski definition) is 0. The van der Waals surface area contributed by atoms with E-state index in [1.54, 1.807) is 12.1 Å². The van der Waals surface area contributed by atoms with Gasteiger partial charge >= 0.3 is 0 Å². The lowest BCUT2D eigenvalue weighted by atomic mass is 10.1. The first-order chi connectivity index (χ1) is 10.6. The van der Waals surface area contributed by atoms with Gasteiger partial charge in [0, 0.05) is 36.7 Å². The molecule has 3 rings (SSSR count). The van der Waals surface area contributed by atoms with Crippen LogP contribution < -0.4 is 4.90 Å². The zero-order valence-corrected chi connectivity index (χ0v) is 13.0. The highest BCUT2D eigenvalue weighted by atomic mass is 19.1. The summed E-state index contributed by atoms with van der Waals surface area (Å²) in [6.07, 6.45) is 0. The van der Waals surface area contributed by atoms with Gasteiger partial charge in [0.15, 0.2) is 0 Å². The smallest absolute Gasteiger partial charge is 0.123 e. The molecule has 3 heteroatoms. The first-order valence-corrected chi connectivity index (χ1v) is 7.28. The highest BCUT2D eigenvalue weighted by Gasteiger charge is 2.10. The Morgan fingerprint density at radius 2 is 1.64 bits per heavy atom. The maximum absolute atomic E-state index is 13.5. The molecular formula is C19H19FN2. The van der Waals surface area contributed by atoms with E-state index in [0.29, 0.717) is 0 Å². The van der Waals surface area contributed by atoms with Crippen molar-refractivity contribution in [2.75, 3.05) is 19.0 Å². The van der Waals surface area contributed by atoms with Crippen molar-refractivity contribution in [2.45, 2.75) is 6.92 Å². The van der Waals surface area contributed by atoms with Gasteiger partial charge in [-0.3, -0.25) is 0 Å². The minimum Gasteiger partial charge on any atom is -0.378 e. The molecule has 0 amide bonds. The van der Waals surface area contributed by atoms with E-state index in [1.165, 1.54) is 6.07 Å². The zero-order chi connectivity index (χ0) is 15.7. The molecule has 0 aliphatic rings. The summed E-state index contributed by atoms with van der Waals surface area (Å²) in [4.78, 5) is 2.07. The molecular weight excluding hydrogens is 275 g/mol. The largest absolute Gasteiger partial charge is 0.378 e. The van der Waals surface area contributed by atoms with Crippen molar-refractivity contribution in [2.24, 2.45) is 0 Å². The Labute approximate surface area is 130 Å². The lowest BCUT2D eigenvalue weighted by Crippen LogP contribution is -2.08. The molecule has 2 aromatic carbocycles. The number of rotatable bonds is 3. The molecule has 0 radical (unpaired) electrons. The summed E-state index contributed by atoms with van der Waals surface area (Å²) in [5.74, 6) is -0.217. The quantitative estimate of drug-likeness (QED) is 0.682. The molecule has 3 aromatic rings. The molecule has 0 saturated heterocycles. The van der Waals surface area contributed by atoms with Crippen molar-refractivity contribution in [3.8, 4) is 16.9 Å². The highest BCUT2D eigenvalue weighted by Crippen LogP contribution is 2.27. The number of aromatic nitrogens is 1. The average molecular weight is 294 g/mol. The molecule has 1 heterocycles. The van der Waals surface area contributed by atoms with Gasteiger partial charge in [-0.15, -0.1) is 0 Å². The monoisotopic (exact) mass is 294 g/mol. The van der Waals surface area contributed by atoms with Gasteiger partial charge in [0.25, 0.3) is 0 Å². The predicted octanol–water partition coefficient (Wildman–Crippen LogP) is 4.66. The summed E-state index contributed by atoms with van der Waals surface area (Å²) in [7, 11) is 4.04. The summed E-state index contributed by atoms with van der Waals surface area (Å²) >= 11 is 0. The lowest BCUT2D eigenvalue weighted by molar-refractivity contribution is 0.628. The molecule has 0 atom stereocenters. The van der Waals surface area contributed by atoms with Crippen LogP contribution in [-0.4, -0.2) is 18.7 Å². The fourth-order valence-corrected chi connectivity index (χ4v) is 2.65. The first-order valence-electron chi connectivity index (χ1n) is 7.28. The molecule has 2 nitrogen and oxygen atoms in total. The van der Waals surface area contributed by atoms with Crippen LogP contribution in [-0.2, 0) is 0 Å². The lowest BCUT2D eigenvalue weighted by Gasteiger charge is -2.16. The number of halogens is 1. The Hall–Kier alpha value is -2.55. The predicted molar refractivity (Wildman–Crippen MR) is 90.2 cm³/mol. The summed E-state index contributed by atoms with van der Waals surface area (Å²) in [5.41, 5.74) is 5.23. The second-order valence-electron chi connectivity index (χ2n) is 5.62. The van der Waals surface area contributed by atoms with E-state index in [2.05, 4.69) is 46.7 Å². The van der Waals surface area contributed by atoms with E-state index in [1.807, 2.05) is 26.2 Å². The van der Waals surface area contributed by atoms with Crippen LogP contribution in [0, 0.1) is 12.7 Å². The Morgan fingerprint density at radius 3 is 2.27 bits per heavy atom. The van der Waals surface area contributed by atoms with E-state index in [4.69, 9.17) is 0 Å². The molecule has 0 spiro atoms. The molecule has 1 aromatic heterocycles. The van der Waals surface area contributed by atoms with Gasteiger partial charge in [0.1, 0.15) is 5.82 Å². The van der Waals surface area contributed by atoms with E-state index in [0.717, 1.165) is 28.3 Å². The highest BCUT2D eigenvalue weighted by molar-refractivity contribution is 5.65. The van der Waals surface area contributed by atoms with Gasteiger partial charge in [-0.1, -0.05) is 12.1 Å². The van der Waals surface area contributed by atoms with Crippen LogP contribution in [0.2, 0.25) is 0 Å². The fourth-order valence-electron chi connectivity index (χ4n) is 2.65. The van der Waals surface area contributed by atoms with Gasteiger partial charge in [-0.2, -0.15) is 0 Å². The molecule has 0 aliphatic heterocycles. The van der Waals surface area contributed by atoms with Crippen molar-refractivity contribution >= 4 is 5.69 Å². The Kier molecular flexibility index (Phi) is 3.72. The van der Waals surface area contributed by atoms with Gasteiger partial charge in [0.05, 0.1) is 5.69 Å². The molecule has 112 valence electrons. The second kappa shape index (κ2) is 5.68. The van der Waals surface area contributed by atoms with Gasteiger partial charge in [-0.05, 0) is 55.5 Å². The molecule has 0 saturated carbocycles. The maximum Gasteiger partial charge on any atom is 0.123 e. The minimum atomic E-state index is -0.217. The van der Waals surface area contributed by atoms with Gasteiger partial charge in [0.2, 0.25) is 0 Å². The average Bonchev–Trinajstić information content (AvgIpc) is 2.89. The molecule has 0 aliphatic carbocycles. The maximum atomic E-state index is 13.5. The summed E-state index contributed by atoms with van der Waals surface area (Å²) in [6, 6.07) is 19.2. The second-order valence-corrected chi connectivity index (χ2v) is 5.62.